The molecule has 1 aliphatic carbocycles. The molecular weight excluding hydrogens is 405 g/mol. The highest BCUT2D eigenvalue weighted by Gasteiger charge is 2.37. The maximum Gasteiger partial charge on any atom is 0.453 e. The average molecular weight is 422 g/mol. The lowest BCUT2D eigenvalue weighted by Crippen LogP contribution is -2.21. The van der Waals surface area contributed by atoms with Crippen LogP contribution in [0.2, 0.25) is 0 Å². The second-order valence-electron chi connectivity index (χ2n) is 6.77. The summed E-state index contributed by atoms with van der Waals surface area (Å²) in [6.07, 6.45) is -2.95. The van der Waals surface area contributed by atoms with Crippen molar-refractivity contribution in [1.29, 1.82) is 0 Å². The Morgan fingerprint density at radius 3 is 2.27 bits per heavy atom. The van der Waals surface area contributed by atoms with E-state index in [4.69, 9.17) is 14.2 Å². The average Bonchev–Trinajstić information content (AvgIpc) is 3.14. The molecule has 0 spiro atoms. The Kier molecular flexibility index (Phi) is 4.75. The number of carbonyl (C=O) groups is 1. The van der Waals surface area contributed by atoms with E-state index in [-0.39, 0.29) is 29.5 Å². The number of aromatic nitrogens is 4. The lowest BCUT2D eigenvalue weighted by molar-refractivity contribution is -0.144. The zero-order valence-corrected chi connectivity index (χ0v) is 16.3. The van der Waals surface area contributed by atoms with Crippen LogP contribution in [0.5, 0.6) is 17.2 Å². The number of hydrogen-bond donors (Lipinski definition) is 0. The number of Topliss-reactive ketones (excluding diaryl/α,β-unsaturated/α-hetero) is 1. The first-order valence-electron chi connectivity index (χ1n) is 8.91. The number of hydrogen-bond acceptors (Lipinski definition) is 7. The number of ketones is 1. The molecular formula is C19H17F3N4O4. The summed E-state index contributed by atoms with van der Waals surface area (Å²) in [6, 6.07) is 3.50. The Hall–Kier alpha value is -3.37. The molecule has 11 heteroatoms. The van der Waals surface area contributed by atoms with Crippen LogP contribution in [0.1, 0.15) is 39.8 Å². The summed E-state index contributed by atoms with van der Waals surface area (Å²) >= 11 is 0. The Bertz CT molecular complexity index is 1120. The van der Waals surface area contributed by atoms with Gasteiger partial charge in [0.2, 0.25) is 5.75 Å². The van der Waals surface area contributed by atoms with Crippen molar-refractivity contribution in [2.75, 3.05) is 21.3 Å². The highest BCUT2D eigenvalue weighted by molar-refractivity contribution is 5.98. The number of fused-ring (bicyclic) bond motifs is 2. The molecule has 2 aromatic heterocycles. The fourth-order valence-corrected chi connectivity index (χ4v) is 3.58. The zero-order valence-electron chi connectivity index (χ0n) is 16.3. The van der Waals surface area contributed by atoms with Crippen molar-refractivity contribution in [3.63, 3.8) is 0 Å². The van der Waals surface area contributed by atoms with Crippen LogP contribution in [0.3, 0.4) is 0 Å². The van der Waals surface area contributed by atoms with Gasteiger partial charge in [-0.2, -0.15) is 18.2 Å². The Labute approximate surface area is 168 Å². The van der Waals surface area contributed by atoms with Crippen molar-refractivity contribution >= 4 is 11.6 Å². The van der Waals surface area contributed by atoms with Gasteiger partial charge >= 0.3 is 6.18 Å². The van der Waals surface area contributed by atoms with Crippen LogP contribution >= 0.6 is 0 Å². The Morgan fingerprint density at radius 1 is 1.03 bits per heavy atom. The highest BCUT2D eigenvalue weighted by Crippen LogP contribution is 2.42. The second kappa shape index (κ2) is 7.15. The van der Waals surface area contributed by atoms with Crippen LogP contribution in [0.25, 0.3) is 5.78 Å². The monoisotopic (exact) mass is 422 g/mol. The summed E-state index contributed by atoms with van der Waals surface area (Å²) in [5.41, 5.74) is 1.38. The first-order chi connectivity index (χ1) is 14.2. The molecule has 1 unspecified atom stereocenters. The maximum atomic E-state index is 12.9. The molecule has 8 nitrogen and oxygen atoms in total. The molecule has 1 aromatic carbocycles. The fraction of sp³-hybridized carbons (Fsp3) is 0.368. The van der Waals surface area contributed by atoms with E-state index in [1.54, 1.807) is 12.1 Å². The summed E-state index contributed by atoms with van der Waals surface area (Å²) in [5, 5.41) is 3.39. The van der Waals surface area contributed by atoms with E-state index < -0.39 is 12.0 Å². The van der Waals surface area contributed by atoms with Gasteiger partial charge in [0.1, 0.15) is 0 Å². The van der Waals surface area contributed by atoms with Gasteiger partial charge in [0.25, 0.3) is 11.6 Å². The summed E-state index contributed by atoms with van der Waals surface area (Å²) in [6.45, 7) is 0. The van der Waals surface area contributed by atoms with Gasteiger partial charge in [-0.25, -0.2) is 9.50 Å². The molecule has 0 aliphatic heterocycles. The molecule has 0 saturated heterocycles. The number of methoxy groups -OCH3 is 3. The molecule has 0 amide bonds. The predicted molar refractivity (Wildman–Crippen MR) is 97.3 cm³/mol. The van der Waals surface area contributed by atoms with Crippen LogP contribution in [0, 0.1) is 0 Å². The van der Waals surface area contributed by atoms with Gasteiger partial charge in [0.15, 0.2) is 17.3 Å². The smallest absolute Gasteiger partial charge is 0.453 e. The van der Waals surface area contributed by atoms with Gasteiger partial charge in [0, 0.05) is 12.6 Å². The molecule has 30 heavy (non-hydrogen) atoms. The molecule has 2 heterocycles. The molecule has 4 rings (SSSR count). The van der Waals surface area contributed by atoms with Gasteiger partial charge in [0.05, 0.1) is 32.6 Å². The van der Waals surface area contributed by atoms with E-state index in [0.29, 0.717) is 29.4 Å². The largest absolute Gasteiger partial charge is 0.493 e. The highest BCUT2D eigenvalue weighted by atomic mass is 19.4. The standard InChI is InChI=1S/C19H17F3N4O4/c1-28-14-6-10(7-15(29-2)16(14)30-3)9-4-12-11(13(27)5-9)8-26-18(23-12)24-17(25-26)19(20,21)22/h6-9H,4-5H2,1-3H3. The Morgan fingerprint density at radius 2 is 1.70 bits per heavy atom. The second-order valence-corrected chi connectivity index (χ2v) is 6.77. The minimum Gasteiger partial charge on any atom is -0.493 e. The topological polar surface area (TPSA) is 87.8 Å². The molecule has 0 radical (unpaired) electrons. The summed E-state index contributed by atoms with van der Waals surface area (Å²) in [5.74, 6) is -0.701. The number of rotatable bonds is 4. The number of halogens is 3. The van der Waals surface area contributed by atoms with Crippen molar-refractivity contribution in [1.82, 2.24) is 19.6 Å². The molecule has 3 aromatic rings. The molecule has 0 N–H and O–H groups in total. The minimum absolute atomic E-state index is 0.152. The van der Waals surface area contributed by atoms with Crippen LogP contribution in [0.15, 0.2) is 18.3 Å². The molecule has 0 bridgehead atoms. The van der Waals surface area contributed by atoms with Crippen LogP contribution < -0.4 is 14.2 Å². The van der Waals surface area contributed by atoms with E-state index >= 15 is 0 Å². The van der Waals surface area contributed by atoms with Crippen LogP contribution in [0.4, 0.5) is 13.2 Å². The Balaban J connectivity index is 1.75. The van der Waals surface area contributed by atoms with Gasteiger partial charge in [-0.3, -0.25) is 4.79 Å². The van der Waals surface area contributed by atoms with Crippen molar-refractivity contribution in [3.8, 4) is 17.2 Å². The lowest BCUT2D eigenvalue weighted by Gasteiger charge is -2.24. The van der Waals surface area contributed by atoms with Crippen molar-refractivity contribution in [2.45, 2.75) is 24.9 Å². The fourth-order valence-electron chi connectivity index (χ4n) is 3.58. The molecule has 0 saturated carbocycles. The van der Waals surface area contributed by atoms with Crippen LogP contribution in [-0.4, -0.2) is 46.7 Å². The van der Waals surface area contributed by atoms with Crippen molar-refractivity contribution < 1.29 is 32.2 Å². The predicted octanol–water partition coefficient (Wildman–Crippen LogP) is 3.08. The normalized spacial score (nSPS) is 16.5. The van der Waals surface area contributed by atoms with Gasteiger partial charge < -0.3 is 14.2 Å². The third kappa shape index (κ3) is 3.29. The summed E-state index contributed by atoms with van der Waals surface area (Å²) in [7, 11) is 4.47. The van der Waals surface area contributed by atoms with E-state index in [2.05, 4.69) is 15.1 Å². The number of alkyl halides is 3. The quantitative estimate of drug-likeness (QED) is 0.639. The van der Waals surface area contributed by atoms with Gasteiger partial charge in [-0.05, 0) is 30.0 Å². The third-order valence-electron chi connectivity index (χ3n) is 4.99. The van der Waals surface area contributed by atoms with Gasteiger partial charge in [-0.15, -0.1) is 5.10 Å². The SMILES string of the molecule is COc1cc(C2CC(=O)c3cn4nc(C(F)(F)F)nc4nc3C2)cc(OC)c1OC. The first kappa shape index (κ1) is 19.9. The third-order valence-corrected chi connectivity index (χ3v) is 4.99. The van der Waals surface area contributed by atoms with E-state index in [9.17, 15) is 18.0 Å². The number of benzene rings is 1. The van der Waals surface area contributed by atoms with E-state index in [1.807, 2.05) is 0 Å². The molecule has 1 atom stereocenters. The van der Waals surface area contributed by atoms with E-state index in [1.165, 1.54) is 27.5 Å². The number of carbonyl (C=O) groups excluding carboxylic acids is 1. The zero-order chi connectivity index (χ0) is 21.6. The van der Waals surface area contributed by atoms with Crippen LogP contribution in [-0.2, 0) is 12.6 Å². The summed E-state index contributed by atoms with van der Waals surface area (Å²) in [4.78, 5) is 20.4. The maximum absolute atomic E-state index is 12.9. The first-order valence-corrected chi connectivity index (χ1v) is 8.91. The number of ether oxygens (including phenoxy) is 3. The van der Waals surface area contributed by atoms with Gasteiger partial charge in [-0.1, -0.05) is 0 Å². The number of nitrogens with zero attached hydrogens (tertiary/aromatic N) is 4. The van der Waals surface area contributed by atoms with Crippen molar-refractivity contribution in [3.05, 3.63) is 41.0 Å². The molecule has 0 fully saturated rings. The molecule has 158 valence electrons. The van der Waals surface area contributed by atoms with Crippen molar-refractivity contribution in [2.24, 2.45) is 0 Å². The summed E-state index contributed by atoms with van der Waals surface area (Å²) < 4.78 is 55.6. The van der Waals surface area contributed by atoms with E-state index in [0.717, 1.165) is 10.1 Å². The molecule has 1 aliphatic rings. The minimum atomic E-state index is -4.70. The lowest BCUT2D eigenvalue weighted by atomic mass is 9.82.